The van der Waals surface area contributed by atoms with Crippen LogP contribution in [0.25, 0.3) is 11.1 Å². The van der Waals surface area contributed by atoms with Crippen LogP contribution < -0.4 is 0 Å². The summed E-state index contributed by atoms with van der Waals surface area (Å²) in [4.78, 5) is 0. The SMILES string of the molecule is N#Cc1ccc(-c2cnn(CC3CCOCC3)c2)c(Cl)c1. The van der Waals surface area contributed by atoms with E-state index in [1.165, 1.54) is 0 Å². The average molecular weight is 302 g/mol. The molecule has 0 N–H and O–H groups in total. The third kappa shape index (κ3) is 3.26. The van der Waals surface area contributed by atoms with Gasteiger partial charge in [-0.2, -0.15) is 10.4 Å². The molecule has 5 heteroatoms. The molecule has 0 saturated carbocycles. The van der Waals surface area contributed by atoms with Crippen LogP contribution in [0.1, 0.15) is 18.4 Å². The van der Waals surface area contributed by atoms with Gasteiger partial charge in [0.2, 0.25) is 0 Å². The molecular weight excluding hydrogens is 286 g/mol. The summed E-state index contributed by atoms with van der Waals surface area (Å²) in [6.07, 6.45) is 6.02. The van der Waals surface area contributed by atoms with Gasteiger partial charge in [-0.3, -0.25) is 4.68 Å². The number of benzene rings is 1. The van der Waals surface area contributed by atoms with Crippen molar-refractivity contribution >= 4 is 11.6 Å². The first-order valence-corrected chi connectivity index (χ1v) is 7.44. The maximum absolute atomic E-state index is 8.87. The predicted octanol–water partition coefficient (Wildman–Crippen LogP) is 3.50. The summed E-state index contributed by atoms with van der Waals surface area (Å²) < 4.78 is 7.35. The summed E-state index contributed by atoms with van der Waals surface area (Å²) in [5.74, 6) is 0.628. The van der Waals surface area contributed by atoms with Crippen molar-refractivity contribution < 1.29 is 4.74 Å². The molecule has 1 aliphatic heterocycles. The van der Waals surface area contributed by atoms with Crippen LogP contribution in [0.15, 0.2) is 30.6 Å². The monoisotopic (exact) mass is 301 g/mol. The molecule has 0 unspecified atom stereocenters. The largest absolute Gasteiger partial charge is 0.381 e. The average Bonchev–Trinajstić information content (AvgIpc) is 2.96. The summed E-state index contributed by atoms with van der Waals surface area (Å²) >= 11 is 6.24. The third-order valence-corrected chi connectivity index (χ3v) is 4.14. The summed E-state index contributed by atoms with van der Waals surface area (Å²) in [6.45, 7) is 2.61. The summed E-state index contributed by atoms with van der Waals surface area (Å²) in [5, 5.41) is 13.9. The standard InChI is InChI=1S/C16H16ClN3O/c17-16-7-13(8-18)1-2-15(16)14-9-19-20(11-14)10-12-3-5-21-6-4-12/h1-2,7,9,11-12H,3-6,10H2. The quantitative estimate of drug-likeness (QED) is 0.872. The fraction of sp³-hybridized carbons (Fsp3) is 0.375. The van der Waals surface area contributed by atoms with E-state index in [9.17, 15) is 0 Å². The second-order valence-corrected chi connectivity index (χ2v) is 5.72. The predicted molar refractivity (Wildman–Crippen MR) is 80.9 cm³/mol. The lowest BCUT2D eigenvalue weighted by Crippen LogP contribution is -2.20. The first-order chi connectivity index (χ1) is 10.3. The van der Waals surface area contributed by atoms with Crippen LogP contribution in [0.5, 0.6) is 0 Å². The van der Waals surface area contributed by atoms with Crippen LogP contribution in [-0.2, 0) is 11.3 Å². The van der Waals surface area contributed by atoms with Gasteiger partial charge in [0.1, 0.15) is 0 Å². The number of aromatic nitrogens is 2. The number of halogens is 1. The highest BCUT2D eigenvalue weighted by Crippen LogP contribution is 2.28. The lowest BCUT2D eigenvalue weighted by atomic mass is 10.0. The molecule has 0 spiro atoms. The van der Waals surface area contributed by atoms with Crippen molar-refractivity contribution in [3.63, 3.8) is 0 Å². The van der Waals surface area contributed by atoms with Gasteiger partial charge in [0, 0.05) is 42.1 Å². The highest BCUT2D eigenvalue weighted by atomic mass is 35.5. The molecule has 21 heavy (non-hydrogen) atoms. The van der Waals surface area contributed by atoms with Crippen LogP contribution in [0.3, 0.4) is 0 Å². The van der Waals surface area contributed by atoms with E-state index < -0.39 is 0 Å². The van der Waals surface area contributed by atoms with Gasteiger partial charge in [-0.1, -0.05) is 17.7 Å². The number of ether oxygens (including phenoxy) is 1. The minimum atomic E-state index is 0.568. The minimum Gasteiger partial charge on any atom is -0.381 e. The van der Waals surface area contributed by atoms with E-state index >= 15 is 0 Å². The zero-order chi connectivity index (χ0) is 14.7. The molecule has 0 amide bonds. The van der Waals surface area contributed by atoms with E-state index in [0.717, 1.165) is 43.7 Å². The Labute approximate surface area is 128 Å². The number of hydrogen-bond donors (Lipinski definition) is 0. The Bertz CT molecular complexity index is 668. The Balaban J connectivity index is 1.76. The van der Waals surface area contributed by atoms with Gasteiger partial charge in [-0.15, -0.1) is 0 Å². The highest BCUT2D eigenvalue weighted by molar-refractivity contribution is 6.33. The fourth-order valence-electron chi connectivity index (χ4n) is 2.61. The fourth-order valence-corrected chi connectivity index (χ4v) is 2.90. The number of nitrogens with zero attached hydrogens (tertiary/aromatic N) is 3. The molecular formula is C16H16ClN3O. The molecule has 2 aromatic rings. The lowest BCUT2D eigenvalue weighted by molar-refractivity contribution is 0.0601. The van der Waals surface area contributed by atoms with Crippen LogP contribution in [0.4, 0.5) is 0 Å². The van der Waals surface area contributed by atoms with Crippen molar-refractivity contribution in [2.24, 2.45) is 5.92 Å². The Morgan fingerprint density at radius 3 is 2.90 bits per heavy atom. The minimum absolute atomic E-state index is 0.568. The number of nitriles is 1. The molecule has 1 aromatic heterocycles. The molecule has 2 heterocycles. The second-order valence-electron chi connectivity index (χ2n) is 5.31. The van der Waals surface area contributed by atoms with Crippen LogP contribution in [-0.4, -0.2) is 23.0 Å². The van der Waals surface area contributed by atoms with E-state index in [4.69, 9.17) is 21.6 Å². The molecule has 1 fully saturated rings. The lowest BCUT2D eigenvalue weighted by Gasteiger charge is -2.21. The van der Waals surface area contributed by atoms with Crippen LogP contribution in [0, 0.1) is 17.2 Å². The summed E-state index contributed by atoms with van der Waals surface area (Å²) in [6, 6.07) is 7.42. The Hall–Kier alpha value is -1.83. The molecule has 4 nitrogen and oxygen atoms in total. The molecule has 0 radical (unpaired) electrons. The van der Waals surface area contributed by atoms with Crippen molar-refractivity contribution in [1.82, 2.24) is 9.78 Å². The zero-order valence-corrected chi connectivity index (χ0v) is 12.4. The van der Waals surface area contributed by atoms with Crippen LogP contribution >= 0.6 is 11.6 Å². The van der Waals surface area contributed by atoms with Crippen molar-refractivity contribution in [3.8, 4) is 17.2 Å². The van der Waals surface area contributed by atoms with Crippen LogP contribution in [0.2, 0.25) is 5.02 Å². The molecule has 1 aromatic carbocycles. The number of rotatable bonds is 3. The molecule has 1 saturated heterocycles. The van der Waals surface area contributed by atoms with Crippen molar-refractivity contribution in [2.45, 2.75) is 19.4 Å². The topological polar surface area (TPSA) is 50.8 Å². The van der Waals surface area contributed by atoms with Gasteiger partial charge >= 0.3 is 0 Å². The summed E-state index contributed by atoms with van der Waals surface area (Å²) in [5.41, 5.74) is 2.46. The maximum atomic E-state index is 8.87. The van der Waals surface area contributed by atoms with Gasteiger partial charge in [0.25, 0.3) is 0 Å². The first-order valence-electron chi connectivity index (χ1n) is 7.06. The molecule has 1 aliphatic rings. The van der Waals surface area contributed by atoms with Gasteiger partial charge in [-0.25, -0.2) is 0 Å². The third-order valence-electron chi connectivity index (χ3n) is 3.83. The Morgan fingerprint density at radius 1 is 1.38 bits per heavy atom. The Kier molecular flexibility index (Phi) is 4.23. The molecule has 0 aliphatic carbocycles. The summed E-state index contributed by atoms with van der Waals surface area (Å²) in [7, 11) is 0. The van der Waals surface area contributed by atoms with Gasteiger partial charge in [0.05, 0.1) is 17.8 Å². The molecule has 0 atom stereocenters. The molecule has 0 bridgehead atoms. The molecule has 108 valence electrons. The normalized spacial score (nSPS) is 15.8. The second kappa shape index (κ2) is 6.30. The van der Waals surface area contributed by atoms with Gasteiger partial charge in [0.15, 0.2) is 0 Å². The van der Waals surface area contributed by atoms with Crippen molar-refractivity contribution in [1.29, 1.82) is 5.26 Å². The van der Waals surface area contributed by atoms with Crippen molar-refractivity contribution in [2.75, 3.05) is 13.2 Å². The zero-order valence-electron chi connectivity index (χ0n) is 11.6. The Morgan fingerprint density at radius 2 is 2.19 bits per heavy atom. The number of hydrogen-bond acceptors (Lipinski definition) is 3. The smallest absolute Gasteiger partial charge is 0.0992 e. The van der Waals surface area contributed by atoms with Gasteiger partial charge in [-0.05, 0) is 30.9 Å². The first kappa shape index (κ1) is 14.1. The van der Waals surface area contributed by atoms with E-state index in [1.54, 1.807) is 12.1 Å². The van der Waals surface area contributed by atoms with E-state index in [0.29, 0.717) is 16.5 Å². The van der Waals surface area contributed by atoms with E-state index in [-0.39, 0.29) is 0 Å². The van der Waals surface area contributed by atoms with E-state index in [1.807, 2.05) is 23.1 Å². The van der Waals surface area contributed by atoms with E-state index in [2.05, 4.69) is 11.2 Å². The van der Waals surface area contributed by atoms with Gasteiger partial charge < -0.3 is 4.74 Å². The van der Waals surface area contributed by atoms with Crippen molar-refractivity contribution in [3.05, 3.63) is 41.2 Å². The maximum Gasteiger partial charge on any atom is 0.0992 e. The highest BCUT2D eigenvalue weighted by Gasteiger charge is 2.15. The molecule has 3 rings (SSSR count).